The van der Waals surface area contributed by atoms with E-state index in [1.165, 1.54) is 13.2 Å². The summed E-state index contributed by atoms with van der Waals surface area (Å²) in [6.45, 7) is 1.07. The SMILES string of the molecule is COCCCNC(=O)c1cccc(NC(=S)NC(=O)c2cccc(C(=O)OC)c2)c1. The minimum Gasteiger partial charge on any atom is -0.465 e. The van der Waals surface area contributed by atoms with Crippen molar-refractivity contribution in [1.82, 2.24) is 10.6 Å². The maximum absolute atomic E-state index is 12.4. The molecule has 158 valence electrons. The van der Waals surface area contributed by atoms with E-state index in [1.54, 1.807) is 49.6 Å². The van der Waals surface area contributed by atoms with Crippen LogP contribution in [0.1, 0.15) is 37.5 Å². The number of carbonyl (C=O) groups excluding carboxylic acids is 3. The monoisotopic (exact) mass is 429 g/mol. The van der Waals surface area contributed by atoms with Crippen molar-refractivity contribution in [2.45, 2.75) is 6.42 Å². The van der Waals surface area contributed by atoms with Crippen molar-refractivity contribution in [1.29, 1.82) is 0 Å². The Hall–Kier alpha value is -3.30. The summed E-state index contributed by atoms with van der Waals surface area (Å²) in [7, 11) is 2.87. The second-order valence-corrected chi connectivity index (χ2v) is 6.57. The van der Waals surface area contributed by atoms with Crippen LogP contribution in [0.3, 0.4) is 0 Å². The maximum atomic E-state index is 12.4. The zero-order valence-electron chi connectivity index (χ0n) is 16.7. The lowest BCUT2D eigenvalue weighted by Crippen LogP contribution is -2.34. The summed E-state index contributed by atoms with van der Waals surface area (Å²) < 4.78 is 9.60. The highest BCUT2D eigenvalue weighted by Gasteiger charge is 2.12. The van der Waals surface area contributed by atoms with Crippen LogP contribution in [-0.2, 0) is 9.47 Å². The van der Waals surface area contributed by atoms with Crippen LogP contribution in [0.5, 0.6) is 0 Å². The fraction of sp³-hybridized carbons (Fsp3) is 0.238. The van der Waals surface area contributed by atoms with E-state index in [1.807, 2.05) is 0 Å². The largest absolute Gasteiger partial charge is 0.465 e. The lowest BCUT2D eigenvalue weighted by molar-refractivity contribution is 0.0600. The van der Waals surface area contributed by atoms with E-state index >= 15 is 0 Å². The number of anilines is 1. The molecule has 3 N–H and O–H groups in total. The third kappa shape index (κ3) is 6.94. The highest BCUT2D eigenvalue weighted by Crippen LogP contribution is 2.11. The molecule has 0 spiro atoms. The van der Waals surface area contributed by atoms with Gasteiger partial charge in [-0.2, -0.15) is 0 Å². The van der Waals surface area contributed by atoms with Gasteiger partial charge < -0.3 is 20.1 Å². The first kappa shape index (κ1) is 23.0. The van der Waals surface area contributed by atoms with Gasteiger partial charge in [-0.15, -0.1) is 0 Å². The maximum Gasteiger partial charge on any atom is 0.337 e. The number of esters is 1. The van der Waals surface area contributed by atoms with Crippen LogP contribution in [-0.4, -0.2) is 50.3 Å². The Balaban J connectivity index is 1.95. The van der Waals surface area contributed by atoms with E-state index in [0.717, 1.165) is 0 Å². The van der Waals surface area contributed by atoms with Crippen LogP contribution in [0.15, 0.2) is 48.5 Å². The molecule has 0 atom stereocenters. The van der Waals surface area contributed by atoms with Crippen molar-refractivity contribution >= 4 is 40.8 Å². The van der Waals surface area contributed by atoms with Crippen LogP contribution >= 0.6 is 12.2 Å². The number of methoxy groups -OCH3 is 2. The number of benzene rings is 2. The molecule has 0 aromatic heterocycles. The summed E-state index contributed by atoms with van der Waals surface area (Å²) in [5.74, 6) is -1.24. The molecule has 2 amide bonds. The zero-order chi connectivity index (χ0) is 21.9. The number of rotatable bonds is 8. The van der Waals surface area contributed by atoms with Crippen molar-refractivity contribution in [3.63, 3.8) is 0 Å². The molecule has 0 radical (unpaired) electrons. The van der Waals surface area contributed by atoms with Gasteiger partial charge in [0.15, 0.2) is 5.11 Å². The molecule has 30 heavy (non-hydrogen) atoms. The minimum absolute atomic E-state index is 0.0566. The average Bonchev–Trinajstić information content (AvgIpc) is 2.76. The highest BCUT2D eigenvalue weighted by molar-refractivity contribution is 7.80. The van der Waals surface area contributed by atoms with E-state index in [9.17, 15) is 14.4 Å². The average molecular weight is 429 g/mol. The topological polar surface area (TPSA) is 106 Å². The second-order valence-electron chi connectivity index (χ2n) is 6.16. The van der Waals surface area contributed by atoms with E-state index in [2.05, 4.69) is 20.7 Å². The molecule has 2 aromatic rings. The summed E-state index contributed by atoms with van der Waals surface area (Å²) >= 11 is 5.18. The van der Waals surface area contributed by atoms with Crippen molar-refractivity contribution in [2.24, 2.45) is 0 Å². The van der Waals surface area contributed by atoms with Crippen molar-refractivity contribution in [3.05, 3.63) is 65.2 Å². The summed E-state index contributed by atoms with van der Waals surface area (Å²) in [4.78, 5) is 36.2. The van der Waals surface area contributed by atoms with Crippen LogP contribution in [0, 0.1) is 0 Å². The molecular formula is C21H23N3O5S. The van der Waals surface area contributed by atoms with Gasteiger partial charge in [-0.3, -0.25) is 14.9 Å². The Morgan fingerprint density at radius 3 is 2.30 bits per heavy atom. The molecule has 0 aliphatic carbocycles. The zero-order valence-corrected chi connectivity index (χ0v) is 17.5. The highest BCUT2D eigenvalue weighted by atomic mass is 32.1. The number of carbonyl (C=O) groups is 3. The Bertz CT molecular complexity index is 932. The Kier molecular flexibility index (Phi) is 8.92. The van der Waals surface area contributed by atoms with Gasteiger partial charge in [-0.05, 0) is 55.0 Å². The molecule has 0 fully saturated rings. The molecule has 0 saturated heterocycles. The first-order valence-electron chi connectivity index (χ1n) is 9.12. The first-order chi connectivity index (χ1) is 14.4. The molecule has 2 rings (SSSR count). The van der Waals surface area contributed by atoms with E-state index in [0.29, 0.717) is 30.8 Å². The van der Waals surface area contributed by atoms with Gasteiger partial charge in [0.05, 0.1) is 12.7 Å². The number of amides is 2. The predicted molar refractivity (Wildman–Crippen MR) is 117 cm³/mol. The van der Waals surface area contributed by atoms with Gasteiger partial charge in [-0.25, -0.2) is 4.79 Å². The molecule has 8 nitrogen and oxygen atoms in total. The fourth-order valence-electron chi connectivity index (χ4n) is 2.50. The molecule has 9 heteroatoms. The van der Waals surface area contributed by atoms with E-state index in [4.69, 9.17) is 17.0 Å². The number of nitrogens with one attached hydrogen (secondary N) is 3. The minimum atomic E-state index is -0.539. The number of hydrogen-bond donors (Lipinski definition) is 3. The summed E-state index contributed by atoms with van der Waals surface area (Å²) in [6, 6.07) is 12.8. The van der Waals surface area contributed by atoms with Crippen molar-refractivity contribution < 1.29 is 23.9 Å². The van der Waals surface area contributed by atoms with E-state index in [-0.39, 0.29) is 22.1 Å². The summed E-state index contributed by atoms with van der Waals surface area (Å²) in [5.41, 5.74) is 1.52. The van der Waals surface area contributed by atoms with Gasteiger partial charge in [0.25, 0.3) is 11.8 Å². The lowest BCUT2D eigenvalue weighted by Gasteiger charge is -2.11. The standard InChI is InChI=1S/C21H23N3O5S/c1-28-11-5-10-22-18(25)15-7-4-9-17(13-15)23-21(30)24-19(26)14-6-3-8-16(12-14)20(27)29-2/h3-4,6-9,12-13H,5,10-11H2,1-2H3,(H,22,25)(H2,23,24,26,30). The van der Waals surface area contributed by atoms with Gasteiger partial charge in [-0.1, -0.05) is 12.1 Å². The molecule has 0 bridgehead atoms. The van der Waals surface area contributed by atoms with Crippen molar-refractivity contribution in [3.8, 4) is 0 Å². The summed E-state index contributed by atoms with van der Waals surface area (Å²) in [5, 5.41) is 8.27. The predicted octanol–water partition coefficient (Wildman–Crippen LogP) is 2.37. The second kappa shape index (κ2) is 11.6. The smallest absolute Gasteiger partial charge is 0.337 e. The van der Waals surface area contributed by atoms with Gasteiger partial charge in [0.1, 0.15) is 0 Å². The third-order valence-electron chi connectivity index (χ3n) is 3.97. The van der Waals surface area contributed by atoms with Crippen LogP contribution in [0.4, 0.5) is 5.69 Å². The molecule has 0 heterocycles. The Labute approximate surface area is 179 Å². The fourth-order valence-corrected chi connectivity index (χ4v) is 2.71. The van der Waals surface area contributed by atoms with Gasteiger partial charge in [0.2, 0.25) is 0 Å². The first-order valence-corrected chi connectivity index (χ1v) is 9.53. The van der Waals surface area contributed by atoms with Gasteiger partial charge in [0, 0.05) is 37.1 Å². The third-order valence-corrected chi connectivity index (χ3v) is 4.17. The Morgan fingerprint density at radius 2 is 1.60 bits per heavy atom. The van der Waals surface area contributed by atoms with Crippen LogP contribution < -0.4 is 16.0 Å². The normalized spacial score (nSPS) is 10.1. The molecule has 0 aliphatic rings. The summed E-state index contributed by atoms with van der Waals surface area (Å²) in [6.07, 6.45) is 0.716. The lowest BCUT2D eigenvalue weighted by atomic mass is 10.1. The molecule has 2 aromatic carbocycles. The number of hydrogen-bond acceptors (Lipinski definition) is 6. The van der Waals surface area contributed by atoms with Gasteiger partial charge >= 0.3 is 5.97 Å². The molecular weight excluding hydrogens is 406 g/mol. The Morgan fingerprint density at radius 1 is 0.933 bits per heavy atom. The molecule has 0 aliphatic heterocycles. The van der Waals surface area contributed by atoms with Crippen LogP contribution in [0.2, 0.25) is 0 Å². The molecule has 0 saturated carbocycles. The molecule has 0 unspecified atom stereocenters. The van der Waals surface area contributed by atoms with Crippen LogP contribution in [0.25, 0.3) is 0 Å². The number of ether oxygens (including phenoxy) is 2. The quantitative estimate of drug-likeness (QED) is 0.336. The van der Waals surface area contributed by atoms with E-state index < -0.39 is 11.9 Å². The number of thiocarbonyl (C=S) groups is 1. The van der Waals surface area contributed by atoms with Crippen molar-refractivity contribution in [2.75, 3.05) is 32.7 Å².